The molecule has 0 bridgehead atoms. The second-order valence-electron chi connectivity index (χ2n) is 5.50. The van der Waals surface area contributed by atoms with E-state index in [1.807, 2.05) is 12.3 Å². The van der Waals surface area contributed by atoms with Crippen molar-refractivity contribution < 1.29 is 0 Å². The molecule has 0 amide bonds. The normalized spacial score (nSPS) is 11.6. The molecule has 0 radical (unpaired) electrons. The molecular weight excluding hydrogens is 258 g/mol. The number of alkyl halides is 1. The summed E-state index contributed by atoms with van der Waals surface area (Å²) in [7, 11) is 0. The van der Waals surface area contributed by atoms with Gasteiger partial charge in [-0.05, 0) is 30.9 Å². The minimum Gasteiger partial charge on any atom is -0.312 e. The van der Waals surface area contributed by atoms with Crippen LogP contribution in [0.15, 0.2) is 12.3 Å². The first-order valence-electron chi connectivity index (χ1n) is 7.00. The zero-order chi connectivity index (χ0) is 13.8. The molecule has 2 aromatic heterocycles. The van der Waals surface area contributed by atoms with Crippen LogP contribution in [0.3, 0.4) is 0 Å². The number of unbranched alkanes of at least 4 members (excludes halogenated alkanes) is 1. The highest BCUT2D eigenvalue weighted by atomic mass is 35.5. The molecule has 0 N–H and O–H groups in total. The molecule has 2 heterocycles. The van der Waals surface area contributed by atoms with Crippen molar-refractivity contribution in [1.82, 2.24) is 14.5 Å². The summed E-state index contributed by atoms with van der Waals surface area (Å²) in [6.07, 6.45) is 5.52. The fourth-order valence-electron chi connectivity index (χ4n) is 2.34. The predicted octanol–water partition coefficient (Wildman–Crippen LogP) is 4.30. The minimum atomic E-state index is 0.444. The van der Waals surface area contributed by atoms with Crippen molar-refractivity contribution in [3.05, 3.63) is 23.7 Å². The minimum absolute atomic E-state index is 0.444. The van der Waals surface area contributed by atoms with Crippen LogP contribution in [-0.2, 0) is 12.4 Å². The Morgan fingerprint density at radius 3 is 2.79 bits per heavy atom. The summed E-state index contributed by atoms with van der Waals surface area (Å²) in [6, 6.07) is 2.00. The average molecular weight is 280 g/mol. The van der Waals surface area contributed by atoms with E-state index in [2.05, 4.69) is 35.3 Å². The summed E-state index contributed by atoms with van der Waals surface area (Å²) < 4.78 is 2.18. The number of rotatable bonds is 6. The van der Waals surface area contributed by atoms with Gasteiger partial charge in [-0.25, -0.2) is 9.97 Å². The maximum atomic E-state index is 6.01. The van der Waals surface area contributed by atoms with E-state index in [1.54, 1.807) is 0 Å². The SMILES string of the molecule is Cc1ccnc2c1nc(CCl)n2CCCCC(C)C. The molecule has 2 rings (SSSR count). The van der Waals surface area contributed by atoms with Gasteiger partial charge in [0.15, 0.2) is 5.65 Å². The first-order valence-corrected chi connectivity index (χ1v) is 7.53. The fourth-order valence-corrected chi connectivity index (χ4v) is 2.55. The Morgan fingerprint density at radius 1 is 1.32 bits per heavy atom. The van der Waals surface area contributed by atoms with Gasteiger partial charge in [-0.3, -0.25) is 0 Å². The van der Waals surface area contributed by atoms with Crippen LogP contribution in [0, 0.1) is 12.8 Å². The second kappa shape index (κ2) is 6.38. The maximum absolute atomic E-state index is 6.01. The molecule has 0 saturated heterocycles. The number of hydrogen-bond acceptors (Lipinski definition) is 2. The molecule has 0 aromatic carbocycles. The smallest absolute Gasteiger partial charge is 0.160 e. The highest BCUT2D eigenvalue weighted by Gasteiger charge is 2.12. The third-order valence-corrected chi connectivity index (χ3v) is 3.69. The Bertz CT molecular complexity index is 546. The average Bonchev–Trinajstić information content (AvgIpc) is 2.74. The lowest BCUT2D eigenvalue weighted by Gasteiger charge is -2.08. The molecule has 0 aliphatic heterocycles. The molecule has 0 aliphatic carbocycles. The lowest BCUT2D eigenvalue weighted by molar-refractivity contribution is 0.508. The predicted molar refractivity (Wildman–Crippen MR) is 80.5 cm³/mol. The quantitative estimate of drug-likeness (QED) is 0.583. The number of fused-ring (bicyclic) bond motifs is 1. The lowest BCUT2D eigenvalue weighted by atomic mass is 10.1. The van der Waals surface area contributed by atoms with Crippen LogP contribution in [-0.4, -0.2) is 14.5 Å². The third kappa shape index (κ3) is 3.27. The summed E-state index contributed by atoms with van der Waals surface area (Å²) in [5.74, 6) is 2.15. The third-order valence-electron chi connectivity index (χ3n) is 3.45. The molecule has 3 nitrogen and oxygen atoms in total. The van der Waals surface area contributed by atoms with Crippen LogP contribution >= 0.6 is 11.6 Å². The summed E-state index contributed by atoms with van der Waals surface area (Å²) >= 11 is 6.01. The van der Waals surface area contributed by atoms with Crippen molar-refractivity contribution in [1.29, 1.82) is 0 Å². The van der Waals surface area contributed by atoms with Gasteiger partial charge in [0.2, 0.25) is 0 Å². The summed E-state index contributed by atoms with van der Waals surface area (Å²) in [4.78, 5) is 9.08. The van der Waals surface area contributed by atoms with Gasteiger partial charge in [-0.15, -0.1) is 11.6 Å². The number of halogens is 1. The zero-order valence-electron chi connectivity index (χ0n) is 12.0. The van der Waals surface area contributed by atoms with E-state index in [0.717, 1.165) is 41.4 Å². The summed E-state index contributed by atoms with van der Waals surface area (Å²) in [5, 5.41) is 0. The standard InChI is InChI=1S/C15H22ClN3/c1-11(2)6-4-5-9-19-13(10-16)18-14-12(3)7-8-17-15(14)19/h7-8,11H,4-6,9-10H2,1-3H3. The van der Waals surface area contributed by atoms with Gasteiger partial charge in [0, 0.05) is 12.7 Å². The fraction of sp³-hybridized carbons (Fsp3) is 0.600. The van der Waals surface area contributed by atoms with Gasteiger partial charge in [0.1, 0.15) is 11.3 Å². The highest BCUT2D eigenvalue weighted by Crippen LogP contribution is 2.19. The first-order chi connectivity index (χ1) is 9.13. The Morgan fingerprint density at radius 2 is 2.11 bits per heavy atom. The Kier molecular flexibility index (Phi) is 4.81. The highest BCUT2D eigenvalue weighted by molar-refractivity contribution is 6.16. The molecule has 19 heavy (non-hydrogen) atoms. The van der Waals surface area contributed by atoms with E-state index >= 15 is 0 Å². The Hall–Kier alpha value is -1.09. The topological polar surface area (TPSA) is 30.7 Å². The monoisotopic (exact) mass is 279 g/mol. The Labute approximate surface area is 120 Å². The van der Waals surface area contributed by atoms with Gasteiger partial charge >= 0.3 is 0 Å². The Balaban J connectivity index is 2.18. The van der Waals surface area contributed by atoms with E-state index in [1.165, 1.54) is 12.8 Å². The van der Waals surface area contributed by atoms with E-state index in [4.69, 9.17) is 11.6 Å². The van der Waals surface area contributed by atoms with Gasteiger partial charge in [-0.1, -0.05) is 26.7 Å². The second-order valence-corrected chi connectivity index (χ2v) is 5.77. The van der Waals surface area contributed by atoms with Gasteiger partial charge in [-0.2, -0.15) is 0 Å². The van der Waals surface area contributed by atoms with Crippen LogP contribution in [0.2, 0.25) is 0 Å². The number of aromatic nitrogens is 3. The maximum Gasteiger partial charge on any atom is 0.160 e. The van der Waals surface area contributed by atoms with E-state index < -0.39 is 0 Å². The molecule has 4 heteroatoms. The van der Waals surface area contributed by atoms with Crippen molar-refractivity contribution in [2.24, 2.45) is 5.92 Å². The van der Waals surface area contributed by atoms with Gasteiger partial charge in [0.25, 0.3) is 0 Å². The van der Waals surface area contributed by atoms with Gasteiger partial charge in [0.05, 0.1) is 5.88 Å². The molecule has 0 atom stereocenters. The number of pyridine rings is 1. The van der Waals surface area contributed by atoms with Crippen LogP contribution in [0.25, 0.3) is 11.2 Å². The number of imidazole rings is 1. The first kappa shape index (κ1) is 14.3. The number of aryl methyl sites for hydroxylation is 2. The van der Waals surface area contributed by atoms with Crippen molar-refractivity contribution in [2.45, 2.75) is 52.5 Å². The number of hydrogen-bond donors (Lipinski definition) is 0. The van der Waals surface area contributed by atoms with Gasteiger partial charge < -0.3 is 4.57 Å². The van der Waals surface area contributed by atoms with Crippen molar-refractivity contribution in [2.75, 3.05) is 0 Å². The van der Waals surface area contributed by atoms with Crippen LogP contribution in [0.1, 0.15) is 44.5 Å². The zero-order valence-corrected chi connectivity index (χ0v) is 12.7. The van der Waals surface area contributed by atoms with E-state index in [-0.39, 0.29) is 0 Å². The number of nitrogens with zero attached hydrogens (tertiary/aromatic N) is 3. The molecule has 0 fully saturated rings. The molecule has 0 saturated carbocycles. The largest absolute Gasteiger partial charge is 0.312 e. The summed E-state index contributed by atoms with van der Waals surface area (Å²) in [6.45, 7) is 7.56. The molecule has 2 aromatic rings. The summed E-state index contributed by atoms with van der Waals surface area (Å²) in [5.41, 5.74) is 3.12. The van der Waals surface area contributed by atoms with Crippen molar-refractivity contribution in [3.63, 3.8) is 0 Å². The molecule has 0 aliphatic rings. The van der Waals surface area contributed by atoms with Crippen molar-refractivity contribution in [3.8, 4) is 0 Å². The molecule has 0 spiro atoms. The van der Waals surface area contributed by atoms with E-state index in [9.17, 15) is 0 Å². The lowest BCUT2D eigenvalue weighted by Crippen LogP contribution is -2.04. The van der Waals surface area contributed by atoms with Crippen LogP contribution < -0.4 is 0 Å². The van der Waals surface area contributed by atoms with Crippen LogP contribution in [0.5, 0.6) is 0 Å². The van der Waals surface area contributed by atoms with Crippen LogP contribution in [0.4, 0.5) is 0 Å². The van der Waals surface area contributed by atoms with E-state index in [0.29, 0.717) is 5.88 Å². The molecule has 0 unspecified atom stereocenters. The molecule has 104 valence electrons. The molecular formula is C15H22ClN3. The van der Waals surface area contributed by atoms with Crippen molar-refractivity contribution >= 4 is 22.8 Å².